The first-order chi connectivity index (χ1) is 9.28. The van der Waals surface area contributed by atoms with Crippen molar-refractivity contribution < 1.29 is 4.74 Å². The molecule has 0 aliphatic rings. The fourth-order valence-corrected chi connectivity index (χ4v) is 3.64. The zero-order chi connectivity index (χ0) is 13.5. The van der Waals surface area contributed by atoms with Crippen LogP contribution in [0.1, 0.15) is 5.56 Å². The molecule has 100 valence electrons. The second kappa shape index (κ2) is 7.34. The molecule has 0 aliphatic carbocycles. The Balaban J connectivity index is 1.81. The molecular weight excluding hydrogens is 301 g/mol. The van der Waals surface area contributed by atoms with Gasteiger partial charge in [0.25, 0.3) is 0 Å². The van der Waals surface area contributed by atoms with Gasteiger partial charge in [0.15, 0.2) is 0 Å². The van der Waals surface area contributed by atoms with Crippen molar-refractivity contribution in [1.82, 2.24) is 0 Å². The molecule has 2 nitrogen and oxygen atoms in total. The van der Waals surface area contributed by atoms with E-state index >= 15 is 0 Å². The Hall–Kier alpha value is -1.28. The number of nitrogens with two attached hydrogens (primary N) is 1. The van der Waals surface area contributed by atoms with Gasteiger partial charge in [-0.25, -0.2) is 0 Å². The van der Waals surface area contributed by atoms with E-state index in [1.807, 2.05) is 18.2 Å². The van der Waals surface area contributed by atoms with E-state index in [1.165, 1.54) is 10.0 Å². The molecule has 2 rings (SSSR count). The molecule has 2 aromatic rings. The van der Waals surface area contributed by atoms with Gasteiger partial charge in [-0.2, -0.15) is 0 Å². The minimum absolute atomic E-state index is 0.240. The van der Waals surface area contributed by atoms with E-state index in [1.54, 1.807) is 7.11 Å². The first-order valence-corrected chi connectivity index (χ1v) is 8.41. The molecular formula is C16H19NOSe. The summed E-state index contributed by atoms with van der Waals surface area (Å²) in [5.74, 6) is 0.910. The van der Waals surface area contributed by atoms with E-state index in [-0.39, 0.29) is 6.04 Å². The minimum atomic E-state index is 0.240. The zero-order valence-electron chi connectivity index (χ0n) is 11.1. The Morgan fingerprint density at radius 2 is 1.74 bits per heavy atom. The van der Waals surface area contributed by atoms with E-state index < -0.39 is 0 Å². The molecule has 19 heavy (non-hydrogen) atoms. The van der Waals surface area contributed by atoms with Crippen molar-refractivity contribution in [2.45, 2.75) is 17.8 Å². The fourth-order valence-electron chi connectivity index (χ4n) is 1.85. The third-order valence-corrected chi connectivity index (χ3v) is 5.38. The normalized spacial score (nSPS) is 12.1. The molecule has 0 radical (unpaired) electrons. The van der Waals surface area contributed by atoms with Crippen LogP contribution in [0.3, 0.4) is 0 Å². The van der Waals surface area contributed by atoms with Crippen LogP contribution in [0.25, 0.3) is 0 Å². The molecule has 2 N–H and O–H groups in total. The van der Waals surface area contributed by atoms with Crippen LogP contribution >= 0.6 is 0 Å². The van der Waals surface area contributed by atoms with Crippen LogP contribution in [0, 0.1) is 0 Å². The average Bonchev–Trinajstić information content (AvgIpc) is 2.47. The number of hydrogen-bond donors (Lipinski definition) is 1. The standard InChI is InChI=1S/C16H19NOSe/c1-18-15-7-9-16(10-8-15)19-12-14(17)11-13-5-3-2-4-6-13/h2-10,14H,11-12,17H2,1H3/t14-/m0/s1. The van der Waals surface area contributed by atoms with Crippen LogP contribution < -0.4 is 14.9 Å². The van der Waals surface area contributed by atoms with Crippen LogP contribution in [0.5, 0.6) is 5.75 Å². The van der Waals surface area contributed by atoms with Gasteiger partial charge in [-0.3, -0.25) is 0 Å². The van der Waals surface area contributed by atoms with Gasteiger partial charge < -0.3 is 0 Å². The molecule has 0 bridgehead atoms. The van der Waals surface area contributed by atoms with Crippen molar-refractivity contribution in [3.63, 3.8) is 0 Å². The summed E-state index contributed by atoms with van der Waals surface area (Å²) in [7, 11) is 1.69. The van der Waals surface area contributed by atoms with Gasteiger partial charge in [-0.15, -0.1) is 0 Å². The molecule has 0 spiro atoms. The fraction of sp³-hybridized carbons (Fsp3) is 0.250. The summed E-state index contributed by atoms with van der Waals surface area (Å²) in [5, 5.41) is 1.06. The van der Waals surface area contributed by atoms with Crippen molar-refractivity contribution in [1.29, 1.82) is 0 Å². The van der Waals surface area contributed by atoms with Crippen LogP contribution in [0.15, 0.2) is 54.6 Å². The number of hydrogen-bond acceptors (Lipinski definition) is 2. The number of ether oxygens (including phenoxy) is 1. The molecule has 0 saturated carbocycles. The topological polar surface area (TPSA) is 35.2 Å². The SMILES string of the molecule is COc1ccc([Se]C[C@@H](N)Cc2ccccc2)cc1. The molecule has 0 amide bonds. The monoisotopic (exact) mass is 321 g/mol. The molecule has 3 heteroatoms. The number of methoxy groups -OCH3 is 1. The van der Waals surface area contributed by atoms with Gasteiger partial charge >= 0.3 is 121 Å². The predicted octanol–water partition coefficient (Wildman–Crippen LogP) is 2.01. The summed E-state index contributed by atoms with van der Waals surface area (Å²) >= 11 is 0.431. The van der Waals surface area contributed by atoms with E-state index in [4.69, 9.17) is 10.5 Å². The summed E-state index contributed by atoms with van der Waals surface area (Å²) in [6.07, 6.45) is 0.957. The molecule has 1 atom stereocenters. The van der Waals surface area contributed by atoms with Crippen LogP contribution in [-0.2, 0) is 6.42 Å². The summed E-state index contributed by atoms with van der Waals surface area (Å²) < 4.78 is 6.53. The van der Waals surface area contributed by atoms with Gasteiger partial charge in [0, 0.05) is 0 Å². The van der Waals surface area contributed by atoms with Gasteiger partial charge in [-0.1, -0.05) is 0 Å². The molecule has 0 heterocycles. The average molecular weight is 320 g/mol. The van der Waals surface area contributed by atoms with Crippen LogP contribution in [-0.4, -0.2) is 28.1 Å². The Morgan fingerprint density at radius 1 is 1.05 bits per heavy atom. The van der Waals surface area contributed by atoms with Crippen LogP contribution in [0.2, 0.25) is 5.32 Å². The quantitative estimate of drug-likeness (QED) is 0.827. The molecule has 0 aromatic heterocycles. The first-order valence-electron chi connectivity index (χ1n) is 6.34. The van der Waals surface area contributed by atoms with Gasteiger partial charge in [-0.05, 0) is 0 Å². The molecule has 2 aromatic carbocycles. The van der Waals surface area contributed by atoms with Crippen molar-refractivity contribution in [2.24, 2.45) is 5.73 Å². The summed E-state index contributed by atoms with van der Waals surface area (Å²) in [5.41, 5.74) is 7.52. The molecule has 0 unspecified atom stereocenters. The van der Waals surface area contributed by atoms with E-state index in [9.17, 15) is 0 Å². The summed E-state index contributed by atoms with van der Waals surface area (Å²) in [6, 6.07) is 19.0. The predicted molar refractivity (Wildman–Crippen MR) is 81.3 cm³/mol. The Labute approximate surface area is 121 Å². The molecule has 0 saturated heterocycles. The van der Waals surface area contributed by atoms with E-state index in [0.717, 1.165) is 17.5 Å². The zero-order valence-corrected chi connectivity index (χ0v) is 12.8. The van der Waals surface area contributed by atoms with Crippen LogP contribution in [0.4, 0.5) is 0 Å². The van der Waals surface area contributed by atoms with Gasteiger partial charge in [0.05, 0.1) is 0 Å². The Bertz CT molecular complexity index is 484. The molecule has 0 fully saturated rings. The number of rotatable bonds is 6. The van der Waals surface area contributed by atoms with Crippen molar-refractivity contribution >= 4 is 19.4 Å². The van der Waals surface area contributed by atoms with Gasteiger partial charge in [0.1, 0.15) is 0 Å². The number of benzene rings is 2. The molecule has 0 aliphatic heterocycles. The Morgan fingerprint density at radius 3 is 2.37 bits per heavy atom. The maximum atomic E-state index is 6.20. The second-order valence-corrected chi connectivity index (χ2v) is 6.73. The van der Waals surface area contributed by atoms with E-state index in [2.05, 4.69) is 36.4 Å². The first kappa shape index (κ1) is 14.1. The van der Waals surface area contributed by atoms with Crippen molar-refractivity contribution in [2.75, 3.05) is 7.11 Å². The van der Waals surface area contributed by atoms with E-state index in [0.29, 0.717) is 15.0 Å². The van der Waals surface area contributed by atoms with Crippen molar-refractivity contribution in [3.05, 3.63) is 60.2 Å². The van der Waals surface area contributed by atoms with Gasteiger partial charge in [0.2, 0.25) is 0 Å². The summed E-state index contributed by atoms with van der Waals surface area (Å²) in [4.78, 5) is 0. The third-order valence-electron chi connectivity index (χ3n) is 2.86. The summed E-state index contributed by atoms with van der Waals surface area (Å²) in [6.45, 7) is 0. The maximum absolute atomic E-state index is 6.20. The Kier molecular flexibility index (Phi) is 5.46. The van der Waals surface area contributed by atoms with Crippen molar-refractivity contribution in [3.8, 4) is 5.75 Å². The second-order valence-electron chi connectivity index (χ2n) is 4.44. The third kappa shape index (κ3) is 4.71.